The summed E-state index contributed by atoms with van der Waals surface area (Å²) in [7, 11) is -2.84. The third kappa shape index (κ3) is 6.33. The van der Waals surface area contributed by atoms with E-state index in [1.807, 2.05) is 13.8 Å². The first-order valence-electron chi connectivity index (χ1n) is 8.16. The maximum Gasteiger partial charge on any atom is 0.322 e. The Morgan fingerprint density at radius 3 is 2.44 bits per heavy atom. The van der Waals surface area contributed by atoms with Gasteiger partial charge in [0, 0.05) is 25.0 Å². The van der Waals surface area contributed by atoms with Crippen LogP contribution >= 0.6 is 46.5 Å². The Labute approximate surface area is 177 Å². The summed E-state index contributed by atoms with van der Waals surface area (Å²) >= 11 is 16.0. The van der Waals surface area contributed by atoms with Crippen LogP contribution in [0.3, 0.4) is 0 Å². The van der Waals surface area contributed by atoms with E-state index in [4.69, 9.17) is 37.2 Å². The Hall–Kier alpha value is -0.850. The minimum Gasteiger partial charge on any atom is -0.483 e. The molecule has 27 heavy (non-hydrogen) atoms. The molecule has 0 bridgehead atoms. The van der Waals surface area contributed by atoms with Crippen molar-refractivity contribution < 1.29 is 18.6 Å². The summed E-state index contributed by atoms with van der Waals surface area (Å²) in [4.78, 5) is 8.51. The summed E-state index contributed by atoms with van der Waals surface area (Å²) in [6.45, 7) is 7.64. The molecule has 0 saturated heterocycles. The molecule has 0 saturated carbocycles. The zero-order valence-corrected chi connectivity index (χ0v) is 19.3. The topological polar surface area (TPSA) is 70.5 Å². The first kappa shape index (κ1) is 22.4. The van der Waals surface area contributed by atoms with Gasteiger partial charge in [-0.3, -0.25) is 4.57 Å². The summed E-state index contributed by atoms with van der Waals surface area (Å²) in [6.07, 6.45) is 1.53. The fourth-order valence-corrected chi connectivity index (χ4v) is 4.33. The van der Waals surface area contributed by atoms with Crippen LogP contribution in [0.5, 0.6) is 17.5 Å². The average Bonchev–Trinajstić information content (AvgIpc) is 2.57. The molecule has 0 spiro atoms. The zero-order chi connectivity index (χ0) is 20.2. The molecule has 1 aromatic carbocycles. The Morgan fingerprint density at radius 1 is 1.26 bits per heavy atom. The van der Waals surface area contributed by atoms with E-state index in [2.05, 4.69) is 25.9 Å². The zero-order valence-electron chi connectivity index (χ0n) is 15.3. The molecule has 0 N–H and O–H groups in total. The van der Waals surface area contributed by atoms with Crippen molar-refractivity contribution in [2.75, 3.05) is 19.6 Å². The molecule has 2 rings (SSSR count). The maximum atomic E-state index is 12.1. The lowest BCUT2D eigenvalue weighted by Gasteiger charge is -2.15. The standard InChI is InChI=1S/C17H20BrCl2N2O4P/c1-5-25-27(4,23)9-24-11-6-13(19)16(14(20)7-11)26-17-21-8-12(18)15(22-17)10(2)3/h6-8,10H,5,9H2,1-4H3. The minimum absolute atomic E-state index is 0.0821. The van der Waals surface area contributed by atoms with Crippen LogP contribution in [-0.2, 0) is 9.09 Å². The molecule has 0 aliphatic carbocycles. The predicted molar refractivity (Wildman–Crippen MR) is 111 cm³/mol. The number of rotatable bonds is 8. The van der Waals surface area contributed by atoms with Crippen LogP contribution in [0.2, 0.25) is 10.0 Å². The first-order valence-corrected chi connectivity index (χ1v) is 12.0. The molecule has 1 heterocycles. The van der Waals surface area contributed by atoms with E-state index >= 15 is 0 Å². The summed E-state index contributed by atoms with van der Waals surface area (Å²) in [5, 5.41) is 0.440. The Kier molecular flexibility index (Phi) is 7.95. The number of benzene rings is 1. The van der Waals surface area contributed by atoms with Crippen molar-refractivity contribution in [3.8, 4) is 17.5 Å². The van der Waals surface area contributed by atoms with Crippen LogP contribution in [0.1, 0.15) is 32.4 Å². The number of aromatic nitrogens is 2. The van der Waals surface area contributed by atoms with Gasteiger partial charge in [-0.1, -0.05) is 37.0 Å². The number of hydrogen-bond donors (Lipinski definition) is 0. The van der Waals surface area contributed by atoms with Crippen LogP contribution in [0.4, 0.5) is 0 Å². The van der Waals surface area contributed by atoms with Crippen molar-refractivity contribution in [2.45, 2.75) is 26.7 Å². The van der Waals surface area contributed by atoms with Crippen molar-refractivity contribution >= 4 is 46.5 Å². The van der Waals surface area contributed by atoms with Crippen LogP contribution < -0.4 is 9.47 Å². The molecule has 6 nitrogen and oxygen atoms in total. The quantitative estimate of drug-likeness (QED) is 0.376. The smallest absolute Gasteiger partial charge is 0.322 e. The Bertz CT molecular complexity index is 844. The fourth-order valence-electron chi connectivity index (χ4n) is 2.13. The van der Waals surface area contributed by atoms with Crippen molar-refractivity contribution in [3.63, 3.8) is 0 Å². The van der Waals surface area contributed by atoms with E-state index < -0.39 is 7.37 Å². The summed E-state index contributed by atoms with van der Waals surface area (Å²) in [5.41, 5.74) is 0.807. The van der Waals surface area contributed by atoms with Crippen molar-refractivity contribution in [3.05, 3.63) is 38.5 Å². The molecule has 10 heteroatoms. The molecule has 0 amide bonds. The number of hydrogen-bond acceptors (Lipinski definition) is 6. The Balaban J connectivity index is 2.20. The molecular formula is C17H20BrCl2N2O4P. The highest BCUT2D eigenvalue weighted by Crippen LogP contribution is 2.44. The van der Waals surface area contributed by atoms with Crippen LogP contribution in [0.25, 0.3) is 0 Å². The normalized spacial score (nSPS) is 13.5. The summed E-state index contributed by atoms with van der Waals surface area (Å²) < 4.78 is 29.3. The van der Waals surface area contributed by atoms with Gasteiger partial charge < -0.3 is 14.0 Å². The second-order valence-electron chi connectivity index (χ2n) is 6.06. The molecule has 148 valence electrons. The lowest BCUT2D eigenvalue weighted by Crippen LogP contribution is -2.02. The second kappa shape index (κ2) is 9.57. The predicted octanol–water partition coefficient (Wildman–Crippen LogP) is 6.74. The number of halogens is 3. The van der Waals surface area contributed by atoms with E-state index in [1.54, 1.807) is 13.1 Å². The molecule has 1 unspecified atom stereocenters. The Morgan fingerprint density at radius 2 is 1.89 bits per heavy atom. The van der Waals surface area contributed by atoms with Gasteiger partial charge in [-0.25, -0.2) is 4.98 Å². The average molecular weight is 498 g/mol. The van der Waals surface area contributed by atoms with Gasteiger partial charge in [-0.15, -0.1) is 0 Å². The van der Waals surface area contributed by atoms with Gasteiger partial charge in [-0.2, -0.15) is 4.98 Å². The van der Waals surface area contributed by atoms with Gasteiger partial charge in [0.05, 0.1) is 26.8 Å². The van der Waals surface area contributed by atoms with Crippen LogP contribution in [0.15, 0.2) is 22.8 Å². The monoisotopic (exact) mass is 496 g/mol. The van der Waals surface area contributed by atoms with Gasteiger partial charge in [0.1, 0.15) is 5.75 Å². The molecule has 2 aromatic rings. The lowest BCUT2D eigenvalue weighted by atomic mass is 10.1. The molecule has 0 aliphatic rings. The largest absolute Gasteiger partial charge is 0.483 e. The van der Waals surface area contributed by atoms with Crippen molar-refractivity contribution in [1.29, 1.82) is 0 Å². The minimum atomic E-state index is -2.84. The van der Waals surface area contributed by atoms with Crippen LogP contribution in [-0.4, -0.2) is 29.6 Å². The van der Waals surface area contributed by atoms with Gasteiger partial charge in [-0.05, 0) is 28.8 Å². The molecule has 1 atom stereocenters. The van der Waals surface area contributed by atoms with E-state index in [1.165, 1.54) is 18.8 Å². The number of ether oxygens (including phenoxy) is 2. The SMILES string of the molecule is CCOP(C)(=O)COc1cc(Cl)c(Oc2ncc(Br)c(C(C)C)n2)c(Cl)c1. The fraction of sp³-hybridized carbons (Fsp3) is 0.412. The molecule has 0 fully saturated rings. The number of nitrogens with zero attached hydrogens (tertiary/aromatic N) is 2. The van der Waals surface area contributed by atoms with E-state index in [0.29, 0.717) is 12.4 Å². The molecule has 0 radical (unpaired) electrons. The highest BCUT2D eigenvalue weighted by molar-refractivity contribution is 9.10. The summed E-state index contributed by atoms with van der Waals surface area (Å²) in [6, 6.07) is 3.18. The van der Waals surface area contributed by atoms with Crippen LogP contribution in [0, 0.1) is 0 Å². The lowest BCUT2D eigenvalue weighted by molar-refractivity contribution is 0.297. The molecule has 1 aromatic heterocycles. The van der Waals surface area contributed by atoms with Gasteiger partial charge in [0.25, 0.3) is 0 Å². The van der Waals surface area contributed by atoms with Gasteiger partial charge in [0.15, 0.2) is 12.1 Å². The molecular weight excluding hydrogens is 478 g/mol. The third-order valence-corrected chi connectivity index (χ3v) is 5.90. The van der Waals surface area contributed by atoms with Gasteiger partial charge in [0.2, 0.25) is 7.37 Å². The van der Waals surface area contributed by atoms with E-state index in [0.717, 1.165) is 10.2 Å². The first-order chi connectivity index (χ1) is 12.6. The van der Waals surface area contributed by atoms with E-state index in [9.17, 15) is 4.57 Å². The van der Waals surface area contributed by atoms with Gasteiger partial charge >= 0.3 is 6.01 Å². The van der Waals surface area contributed by atoms with Crippen molar-refractivity contribution in [1.82, 2.24) is 9.97 Å². The second-order valence-corrected chi connectivity index (χ2v) is 10.3. The maximum absolute atomic E-state index is 12.1. The highest BCUT2D eigenvalue weighted by atomic mass is 79.9. The van der Waals surface area contributed by atoms with Crippen molar-refractivity contribution in [2.24, 2.45) is 0 Å². The third-order valence-electron chi connectivity index (χ3n) is 3.33. The van der Waals surface area contributed by atoms with E-state index in [-0.39, 0.29) is 34.1 Å². The molecule has 0 aliphatic heterocycles. The highest BCUT2D eigenvalue weighted by Gasteiger charge is 2.19. The summed E-state index contributed by atoms with van der Waals surface area (Å²) in [5.74, 6) is 0.757.